The Hall–Kier alpha value is -3.99. The van der Waals surface area contributed by atoms with Gasteiger partial charge in [0, 0.05) is 11.5 Å². The molecule has 14 nitrogen and oxygen atoms in total. The molecule has 0 saturated heterocycles. The van der Waals surface area contributed by atoms with Crippen LogP contribution >= 0.6 is 0 Å². The number of ether oxygens (including phenoxy) is 4. The molecule has 0 radical (unpaired) electrons. The van der Waals surface area contributed by atoms with E-state index < -0.39 is 67.2 Å². The Kier molecular flexibility index (Phi) is 16.5. The summed E-state index contributed by atoms with van der Waals surface area (Å²) in [6, 6.07) is 14.8. The number of amides is 1. The third-order valence-corrected chi connectivity index (χ3v) is 14.6. The lowest BCUT2D eigenvalue weighted by molar-refractivity contribution is -0.152. The van der Waals surface area contributed by atoms with E-state index in [4.69, 9.17) is 23.4 Å². The lowest BCUT2D eigenvalue weighted by Crippen LogP contribution is -2.45. The zero-order valence-electron chi connectivity index (χ0n) is 37.0. The molecule has 0 spiro atoms. The Bertz CT molecular complexity index is 1880. The number of anilines is 1. The Morgan fingerprint density at radius 2 is 1.47 bits per heavy atom. The van der Waals surface area contributed by atoms with Crippen LogP contribution in [0.5, 0.6) is 5.75 Å². The Balaban J connectivity index is 2.02. The predicted molar refractivity (Wildman–Crippen MR) is 230 cm³/mol. The molecule has 2 unspecified atom stereocenters. The van der Waals surface area contributed by atoms with E-state index in [9.17, 15) is 23.1 Å². The van der Waals surface area contributed by atoms with Crippen molar-refractivity contribution in [2.24, 2.45) is 0 Å². The van der Waals surface area contributed by atoms with Gasteiger partial charge in [0.25, 0.3) is 11.3 Å². The monoisotopic (exact) mass is 846 g/mol. The smallest absolute Gasteiger partial charge is 0.435 e. The number of esters is 1. The van der Waals surface area contributed by atoms with Gasteiger partial charge in [-0.15, -0.1) is 0 Å². The van der Waals surface area contributed by atoms with Gasteiger partial charge in [-0.25, -0.2) is 13.8 Å². The fourth-order valence-electron chi connectivity index (χ4n) is 6.26. The van der Waals surface area contributed by atoms with Crippen molar-refractivity contribution in [1.82, 2.24) is 14.7 Å². The molecule has 0 fully saturated rings. The fourth-order valence-corrected chi connectivity index (χ4v) is 9.58. The first-order valence-corrected chi connectivity index (χ1v) is 23.6. The van der Waals surface area contributed by atoms with E-state index in [1.807, 2.05) is 32.0 Å². The van der Waals surface area contributed by atoms with Crippen molar-refractivity contribution in [3.05, 3.63) is 53.7 Å². The minimum Gasteiger partial charge on any atom is -0.492 e. The molecule has 0 bridgehead atoms. The van der Waals surface area contributed by atoms with E-state index in [-0.39, 0.29) is 25.6 Å². The van der Waals surface area contributed by atoms with Gasteiger partial charge in [-0.05, 0) is 116 Å². The zero-order valence-corrected chi connectivity index (χ0v) is 38.8. The zero-order chi connectivity index (χ0) is 43.8. The molecule has 324 valence electrons. The van der Waals surface area contributed by atoms with E-state index in [1.165, 1.54) is 4.68 Å². The maximum absolute atomic E-state index is 13.9. The van der Waals surface area contributed by atoms with Crippen molar-refractivity contribution >= 4 is 54.3 Å². The Labute approximate surface area is 348 Å². The molecule has 0 aliphatic heterocycles. The first kappa shape index (κ1) is 48.4. The van der Waals surface area contributed by atoms with Gasteiger partial charge in [-0.1, -0.05) is 46.8 Å². The second-order valence-corrected chi connectivity index (χ2v) is 23.3. The van der Waals surface area contributed by atoms with E-state index in [0.29, 0.717) is 22.5 Å². The standard InChI is InChI=1S/C42H66N4O10SSi/c1-15-58(16-2,17-3)56-35(30-19-18-20-31(25-30)45(57(50)51)28-36(47)53-40(6,7)8)27-44(38(48)54-41(9,10)11)23-24-52-32-21-22-33-34(26-32)46(43-37(33)29(4)5)39(49)55-42(12,13)14/h18-22,25-26,29,35H,15-17,23-24,27-28H2,1-14H3,(H,50,51). The maximum Gasteiger partial charge on any atom is 0.435 e. The van der Waals surface area contributed by atoms with Crippen molar-refractivity contribution in [1.29, 1.82) is 0 Å². The van der Waals surface area contributed by atoms with Gasteiger partial charge in [-0.3, -0.25) is 13.7 Å². The summed E-state index contributed by atoms with van der Waals surface area (Å²) < 4.78 is 55.5. The minimum absolute atomic E-state index is 0.0463. The van der Waals surface area contributed by atoms with Gasteiger partial charge < -0.3 is 28.3 Å². The number of hydrogen-bond donors (Lipinski definition) is 1. The summed E-state index contributed by atoms with van der Waals surface area (Å²) >= 11 is -2.55. The number of fused-ring (bicyclic) bond motifs is 1. The van der Waals surface area contributed by atoms with Crippen LogP contribution < -0.4 is 9.04 Å². The normalized spacial score (nSPS) is 13.6. The van der Waals surface area contributed by atoms with Gasteiger partial charge in [0.05, 0.1) is 36.1 Å². The van der Waals surface area contributed by atoms with Crippen LogP contribution in [-0.4, -0.2) is 93.0 Å². The SMILES string of the molecule is CC[Si](CC)(CC)OC(CN(CCOc1ccc2c(C(C)C)nn(C(=O)OC(C)(C)C)c2c1)C(=O)OC(C)(C)C)c1cccc(N(CC(=O)OC(C)(C)C)S(=O)O)c1. The van der Waals surface area contributed by atoms with Crippen molar-refractivity contribution < 1.29 is 46.5 Å². The molecule has 1 aromatic heterocycles. The van der Waals surface area contributed by atoms with E-state index in [0.717, 1.165) is 33.5 Å². The lowest BCUT2D eigenvalue weighted by Gasteiger charge is -2.37. The predicted octanol–water partition coefficient (Wildman–Crippen LogP) is 9.61. The average molecular weight is 847 g/mol. The number of aromatic nitrogens is 2. The lowest BCUT2D eigenvalue weighted by atomic mass is 10.1. The molecule has 16 heteroatoms. The summed E-state index contributed by atoms with van der Waals surface area (Å²) in [7, 11) is -2.33. The summed E-state index contributed by atoms with van der Waals surface area (Å²) in [5.41, 5.74) is -0.0476. The highest BCUT2D eigenvalue weighted by Gasteiger charge is 2.35. The number of carbonyl (C=O) groups is 3. The first-order chi connectivity index (χ1) is 26.8. The average Bonchev–Trinajstić information content (AvgIpc) is 3.49. The van der Waals surface area contributed by atoms with Crippen LogP contribution in [0.4, 0.5) is 15.3 Å². The van der Waals surface area contributed by atoms with Gasteiger partial charge in [-0.2, -0.15) is 9.78 Å². The summed E-state index contributed by atoms with van der Waals surface area (Å²) in [5, 5.41) is 5.40. The quantitative estimate of drug-likeness (QED) is 0.0597. The summed E-state index contributed by atoms with van der Waals surface area (Å²) in [6.07, 6.45) is -1.83. The van der Waals surface area contributed by atoms with Gasteiger partial charge in [0.15, 0.2) is 8.32 Å². The molecule has 1 N–H and O–H groups in total. The molecule has 3 aromatic rings. The van der Waals surface area contributed by atoms with Crippen LogP contribution in [0.15, 0.2) is 42.5 Å². The highest BCUT2D eigenvalue weighted by molar-refractivity contribution is 7.80. The van der Waals surface area contributed by atoms with Crippen LogP contribution in [0.3, 0.4) is 0 Å². The third kappa shape index (κ3) is 14.1. The van der Waals surface area contributed by atoms with Crippen LogP contribution in [0.1, 0.15) is 120 Å². The molecule has 0 aliphatic carbocycles. The fraction of sp³-hybridized carbons (Fsp3) is 0.619. The molecule has 1 heterocycles. The van der Waals surface area contributed by atoms with E-state index >= 15 is 0 Å². The number of carbonyl (C=O) groups excluding carboxylic acids is 3. The highest BCUT2D eigenvalue weighted by Crippen LogP contribution is 2.34. The second kappa shape index (κ2) is 19.8. The van der Waals surface area contributed by atoms with Crippen LogP contribution in [-0.2, 0) is 34.7 Å². The van der Waals surface area contributed by atoms with Crippen LogP contribution in [0, 0.1) is 0 Å². The molecule has 1 amide bonds. The van der Waals surface area contributed by atoms with Gasteiger partial charge >= 0.3 is 18.2 Å². The number of hydrogen-bond acceptors (Lipinski definition) is 10. The molecular formula is C42H66N4O10SSi. The van der Waals surface area contributed by atoms with Crippen molar-refractivity contribution in [3.8, 4) is 5.75 Å². The molecule has 3 rings (SSSR count). The van der Waals surface area contributed by atoms with E-state index in [1.54, 1.807) is 91.5 Å². The number of rotatable bonds is 17. The van der Waals surface area contributed by atoms with Gasteiger partial charge in [0.2, 0.25) is 0 Å². The summed E-state index contributed by atoms with van der Waals surface area (Å²) in [6.45, 7) is 26.1. The molecule has 58 heavy (non-hydrogen) atoms. The van der Waals surface area contributed by atoms with Crippen LogP contribution in [0.2, 0.25) is 18.1 Å². The topological polar surface area (TPSA) is 159 Å². The van der Waals surface area contributed by atoms with Crippen molar-refractivity contribution in [2.75, 3.05) is 30.5 Å². The third-order valence-electron chi connectivity index (χ3n) is 9.20. The van der Waals surface area contributed by atoms with Crippen LogP contribution in [0.25, 0.3) is 10.9 Å². The molecule has 2 atom stereocenters. The number of nitrogens with zero attached hydrogens (tertiary/aromatic N) is 4. The minimum atomic E-state index is -2.55. The van der Waals surface area contributed by atoms with E-state index in [2.05, 4.69) is 25.9 Å². The van der Waals surface area contributed by atoms with Crippen molar-refractivity contribution in [3.63, 3.8) is 0 Å². The summed E-state index contributed by atoms with van der Waals surface area (Å²) in [5.74, 6) is -0.147. The largest absolute Gasteiger partial charge is 0.492 e. The Morgan fingerprint density at radius 1 is 0.862 bits per heavy atom. The van der Waals surface area contributed by atoms with Gasteiger partial charge in [0.1, 0.15) is 35.7 Å². The molecule has 0 saturated carbocycles. The highest BCUT2D eigenvalue weighted by atomic mass is 32.2. The molecule has 2 aromatic carbocycles. The second-order valence-electron chi connectivity index (χ2n) is 17.7. The number of benzene rings is 2. The maximum atomic E-state index is 13.9. The molecular weight excluding hydrogens is 781 g/mol. The summed E-state index contributed by atoms with van der Waals surface area (Å²) in [4.78, 5) is 41.5. The molecule has 0 aliphatic rings. The first-order valence-electron chi connectivity index (χ1n) is 20.1. The van der Waals surface area contributed by atoms with Crippen molar-refractivity contribution in [2.45, 2.75) is 144 Å². The Morgan fingerprint density at radius 3 is 2.00 bits per heavy atom.